The number of rotatable bonds is 5. The van der Waals surface area contributed by atoms with Gasteiger partial charge in [0, 0.05) is 6.42 Å². The van der Waals surface area contributed by atoms with E-state index in [2.05, 4.69) is 20.7 Å². The van der Waals surface area contributed by atoms with Gasteiger partial charge in [-0.1, -0.05) is 12.1 Å². The molecule has 82 valence electrons. The number of hydrogen-bond acceptors (Lipinski definition) is 2. The van der Waals surface area contributed by atoms with Gasteiger partial charge >= 0.3 is 6.61 Å². The van der Waals surface area contributed by atoms with Crippen LogP contribution < -0.4 is 4.74 Å². The number of ether oxygens (including phenoxy) is 1. The average Bonchev–Trinajstić information content (AvgIpc) is 2.19. The molecule has 0 amide bonds. The molecule has 0 saturated carbocycles. The summed E-state index contributed by atoms with van der Waals surface area (Å²) >= 11 is 3.17. The lowest BCUT2D eigenvalue weighted by Gasteiger charge is -2.09. The molecule has 15 heavy (non-hydrogen) atoms. The predicted octanol–water partition coefficient (Wildman–Crippen LogP) is 3.18. The van der Waals surface area contributed by atoms with Gasteiger partial charge in [0.1, 0.15) is 12.0 Å². The monoisotopic (exact) mass is 278 g/mol. The van der Waals surface area contributed by atoms with Gasteiger partial charge in [-0.25, -0.2) is 0 Å². The van der Waals surface area contributed by atoms with Crippen molar-refractivity contribution in [1.82, 2.24) is 0 Å². The van der Waals surface area contributed by atoms with Crippen LogP contribution in [0.15, 0.2) is 22.7 Å². The maximum atomic E-state index is 12.0. The zero-order chi connectivity index (χ0) is 11.3. The number of carbonyl (C=O) groups excluding carboxylic acids is 1. The first-order valence-corrected chi connectivity index (χ1v) is 5.10. The Labute approximate surface area is 94.4 Å². The molecule has 0 aliphatic rings. The van der Waals surface area contributed by atoms with E-state index in [1.807, 2.05) is 0 Å². The molecule has 0 N–H and O–H groups in total. The lowest BCUT2D eigenvalue weighted by atomic mass is 10.1. The van der Waals surface area contributed by atoms with Gasteiger partial charge in [-0.15, -0.1) is 0 Å². The zero-order valence-corrected chi connectivity index (χ0v) is 9.34. The molecule has 0 spiro atoms. The third kappa shape index (κ3) is 3.58. The van der Waals surface area contributed by atoms with Crippen molar-refractivity contribution in [3.63, 3.8) is 0 Å². The first kappa shape index (κ1) is 12.1. The summed E-state index contributed by atoms with van der Waals surface area (Å²) in [4.78, 5) is 10.2. The fourth-order valence-corrected chi connectivity index (χ4v) is 1.71. The quantitative estimate of drug-likeness (QED) is 0.774. The van der Waals surface area contributed by atoms with E-state index >= 15 is 0 Å². The molecule has 0 fully saturated rings. The Balaban J connectivity index is 2.84. The molecular weight excluding hydrogens is 270 g/mol. The largest absolute Gasteiger partial charge is 0.434 e. The van der Waals surface area contributed by atoms with E-state index in [4.69, 9.17) is 0 Å². The van der Waals surface area contributed by atoms with E-state index in [-0.39, 0.29) is 5.75 Å². The lowest BCUT2D eigenvalue weighted by Crippen LogP contribution is -2.03. The van der Waals surface area contributed by atoms with Crippen LogP contribution in [0, 0.1) is 0 Å². The zero-order valence-electron chi connectivity index (χ0n) is 7.75. The molecule has 0 aliphatic heterocycles. The van der Waals surface area contributed by atoms with E-state index in [0.717, 1.165) is 11.8 Å². The van der Waals surface area contributed by atoms with Crippen LogP contribution in [0.5, 0.6) is 5.75 Å². The van der Waals surface area contributed by atoms with Gasteiger partial charge in [-0.3, -0.25) is 0 Å². The summed E-state index contributed by atoms with van der Waals surface area (Å²) in [6.45, 7) is -2.84. The average molecular weight is 279 g/mol. The molecule has 0 aliphatic carbocycles. The van der Waals surface area contributed by atoms with Crippen molar-refractivity contribution >= 4 is 22.2 Å². The molecule has 0 heterocycles. The van der Waals surface area contributed by atoms with Crippen LogP contribution in [0.1, 0.15) is 12.0 Å². The summed E-state index contributed by atoms with van der Waals surface area (Å²) in [7, 11) is 0. The molecule has 0 aromatic heterocycles. The van der Waals surface area contributed by atoms with Crippen molar-refractivity contribution in [3.8, 4) is 5.75 Å². The molecule has 0 atom stereocenters. The van der Waals surface area contributed by atoms with Crippen molar-refractivity contribution in [2.75, 3.05) is 0 Å². The first-order valence-electron chi connectivity index (χ1n) is 4.31. The van der Waals surface area contributed by atoms with Gasteiger partial charge in [0.15, 0.2) is 0 Å². The Hall–Kier alpha value is -0.970. The third-order valence-electron chi connectivity index (χ3n) is 1.79. The SMILES string of the molecule is O=CCCc1cccc(OC(F)F)c1Br. The van der Waals surface area contributed by atoms with E-state index < -0.39 is 6.61 Å². The van der Waals surface area contributed by atoms with Crippen LogP contribution in [0.3, 0.4) is 0 Å². The Kier molecular flexibility index (Phi) is 4.68. The molecule has 0 unspecified atom stereocenters. The number of alkyl halides is 2. The molecule has 1 aromatic rings. The minimum absolute atomic E-state index is 0.0911. The van der Waals surface area contributed by atoms with Gasteiger partial charge < -0.3 is 9.53 Å². The predicted molar refractivity (Wildman–Crippen MR) is 55.2 cm³/mol. The fourth-order valence-electron chi connectivity index (χ4n) is 1.15. The molecule has 1 aromatic carbocycles. The van der Waals surface area contributed by atoms with Crippen LogP contribution >= 0.6 is 15.9 Å². The summed E-state index contributed by atoms with van der Waals surface area (Å²) in [6, 6.07) is 4.81. The first-order chi connectivity index (χ1) is 7.15. The Bertz CT molecular complexity index is 342. The molecule has 1 rings (SSSR count). The number of benzene rings is 1. The van der Waals surface area contributed by atoms with Gasteiger partial charge in [-0.05, 0) is 34.0 Å². The second-order valence-electron chi connectivity index (χ2n) is 2.81. The second-order valence-corrected chi connectivity index (χ2v) is 3.61. The highest BCUT2D eigenvalue weighted by atomic mass is 79.9. The fraction of sp³-hybridized carbons (Fsp3) is 0.300. The normalized spacial score (nSPS) is 10.4. The van der Waals surface area contributed by atoms with Gasteiger partial charge in [0.2, 0.25) is 0 Å². The van der Waals surface area contributed by atoms with Gasteiger partial charge in [0.05, 0.1) is 4.47 Å². The smallest absolute Gasteiger partial charge is 0.387 e. The number of aldehydes is 1. The summed E-state index contributed by atoms with van der Waals surface area (Å²) in [5.74, 6) is 0.0911. The maximum absolute atomic E-state index is 12.0. The topological polar surface area (TPSA) is 26.3 Å². The number of halogens is 3. The number of aryl methyl sites for hydroxylation is 1. The summed E-state index contributed by atoms with van der Waals surface area (Å²) in [5.41, 5.74) is 0.778. The van der Waals surface area contributed by atoms with Gasteiger partial charge in [-0.2, -0.15) is 8.78 Å². The highest BCUT2D eigenvalue weighted by Gasteiger charge is 2.10. The maximum Gasteiger partial charge on any atom is 0.387 e. The molecule has 0 saturated heterocycles. The minimum Gasteiger partial charge on any atom is -0.434 e. The Morgan fingerprint density at radius 2 is 2.20 bits per heavy atom. The third-order valence-corrected chi connectivity index (χ3v) is 2.69. The van der Waals surface area contributed by atoms with E-state index in [9.17, 15) is 13.6 Å². The molecule has 2 nitrogen and oxygen atoms in total. The van der Waals surface area contributed by atoms with E-state index in [1.165, 1.54) is 6.07 Å². The van der Waals surface area contributed by atoms with Crippen LogP contribution in [0.2, 0.25) is 0 Å². The number of hydrogen-bond donors (Lipinski definition) is 0. The van der Waals surface area contributed by atoms with Gasteiger partial charge in [0.25, 0.3) is 0 Å². The molecular formula is C10H9BrF2O2. The summed E-state index contributed by atoms with van der Waals surface area (Å²) in [5, 5.41) is 0. The lowest BCUT2D eigenvalue weighted by molar-refractivity contribution is -0.107. The van der Waals surface area contributed by atoms with Crippen molar-refractivity contribution in [2.24, 2.45) is 0 Å². The summed E-state index contributed by atoms with van der Waals surface area (Å²) < 4.78 is 28.7. The van der Waals surface area contributed by atoms with Crippen molar-refractivity contribution in [1.29, 1.82) is 0 Å². The Morgan fingerprint density at radius 3 is 2.80 bits per heavy atom. The highest BCUT2D eigenvalue weighted by molar-refractivity contribution is 9.10. The van der Waals surface area contributed by atoms with Crippen LogP contribution in [-0.2, 0) is 11.2 Å². The second kappa shape index (κ2) is 5.80. The van der Waals surface area contributed by atoms with Crippen molar-refractivity contribution in [2.45, 2.75) is 19.5 Å². The van der Waals surface area contributed by atoms with E-state index in [1.54, 1.807) is 12.1 Å². The minimum atomic E-state index is -2.84. The van der Waals surface area contributed by atoms with Crippen molar-refractivity contribution < 1.29 is 18.3 Å². The van der Waals surface area contributed by atoms with Crippen LogP contribution in [0.25, 0.3) is 0 Å². The molecule has 0 radical (unpaired) electrons. The van der Waals surface area contributed by atoms with E-state index in [0.29, 0.717) is 17.3 Å². The summed E-state index contributed by atoms with van der Waals surface area (Å²) in [6.07, 6.45) is 1.65. The van der Waals surface area contributed by atoms with Crippen LogP contribution in [-0.4, -0.2) is 12.9 Å². The van der Waals surface area contributed by atoms with Crippen molar-refractivity contribution in [3.05, 3.63) is 28.2 Å². The molecule has 0 bridgehead atoms. The molecule has 5 heteroatoms. The Morgan fingerprint density at radius 1 is 1.47 bits per heavy atom. The highest BCUT2D eigenvalue weighted by Crippen LogP contribution is 2.30. The number of carbonyl (C=O) groups is 1. The standard InChI is InChI=1S/C10H9BrF2O2/c11-9-7(4-2-6-14)3-1-5-8(9)15-10(12)13/h1,3,5-6,10H,2,4H2. The van der Waals surface area contributed by atoms with Crippen LogP contribution in [0.4, 0.5) is 8.78 Å².